The fourth-order valence-electron chi connectivity index (χ4n) is 4.76. The van der Waals surface area contributed by atoms with E-state index in [1.807, 2.05) is 43.3 Å². The molecule has 3 nitrogen and oxygen atoms in total. The number of hydrogen-bond donors (Lipinski definition) is 0. The molecule has 0 radical (unpaired) electrons. The van der Waals surface area contributed by atoms with E-state index < -0.39 is 10.0 Å². The first-order valence-corrected chi connectivity index (χ1v) is 10.7. The topological polar surface area (TPSA) is 37.4 Å². The first kappa shape index (κ1) is 16.7. The standard InChI is InChI=1S/C23H21NO2S/c1-16-11-13-18(14-12-16)27(25,26)24-15-21-19-9-5-6-10-20(19)23(24)22(21)17-7-3-2-4-8-17/h2-14,21-23H,15H2,1H3/t21-,22-,23+/m0/s1. The summed E-state index contributed by atoms with van der Waals surface area (Å²) in [4.78, 5) is 0.380. The van der Waals surface area contributed by atoms with Crippen LogP contribution >= 0.6 is 0 Å². The molecule has 1 fully saturated rings. The van der Waals surface area contributed by atoms with Crippen LogP contribution in [0.3, 0.4) is 0 Å². The van der Waals surface area contributed by atoms with Crippen LogP contribution in [0.1, 0.15) is 40.1 Å². The van der Waals surface area contributed by atoms with Gasteiger partial charge in [0, 0.05) is 18.4 Å². The van der Waals surface area contributed by atoms with Crippen molar-refractivity contribution >= 4 is 10.0 Å². The van der Waals surface area contributed by atoms with Gasteiger partial charge in [-0.3, -0.25) is 0 Å². The van der Waals surface area contributed by atoms with Gasteiger partial charge in [-0.25, -0.2) is 8.42 Å². The van der Waals surface area contributed by atoms with Crippen molar-refractivity contribution in [3.05, 3.63) is 101 Å². The summed E-state index contributed by atoms with van der Waals surface area (Å²) in [7, 11) is -3.54. The zero-order valence-corrected chi connectivity index (χ0v) is 15.9. The Morgan fingerprint density at radius 3 is 2.15 bits per heavy atom. The summed E-state index contributed by atoms with van der Waals surface area (Å²) in [6, 6.07) is 25.7. The number of benzene rings is 3. The molecule has 1 aliphatic heterocycles. The molecule has 0 spiro atoms. The summed E-state index contributed by atoms with van der Waals surface area (Å²) >= 11 is 0. The molecule has 0 unspecified atom stereocenters. The maximum atomic E-state index is 13.4. The molecule has 0 N–H and O–H groups in total. The smallest absolute Gasteiger partial charge is 0.207 e. The number of rotatable bonds is 3. The highest BCUT2D eigenvalue weighted by atomic mass is 32.2. The molecule has 0 amide bonds. The second-order valence-corrected chi connectivity index (χ2v) is 9.40. The van der Waals surface area contributed by atoms with E-state index in [1.165, 1.54) is 11.1 Å². The third-order valence-corrected chi connectivity index (χ3v) is 7.85. The van der Waals surface area contributed by atoms with Crippen molar-refractivity contribution in [3.63, 3.8) is 0 Å². The molecule has 2 bridgehead atoms. The van der Waals surface area contributed by atoms with E-state index in [-0.39, 0.29) is 17.9 Å². The number of nitrogens with zero attached hydrogens (tertiary/aromatic N) is 1. The maximum absolute atomic E-state index is 13.4. The Labute approximate surface area is 160 Å². The molecule has 0 saturated carbocycles. The molecular weight excluding hydrogens is 354 g/mol. The minimum absolute atomic E-state index is 0.139. The second kappa shape index (κ2) is 6.04. The molecule has 1 saturated heterocycles. The average molecular weight is 375 g/mol. The fourth-order valence-corrected chi connectivity index (χ4v) is 6.41. The Balaban J connectivity index is 1.63. The fraction of sp³-hybridized carbons (Fsp3) is 0.217. The van der Waals surface area contributed by atoms with Crippen molar-refractivity contribution in [2.75, 3.05) is 6.54 Å². The lowest BCUT2D eigenvalue weighted by Crippen LogP contribution is -2.34. The molecule has 2 aliphatic rings. The second-order valence-electron chi connectivity index (χ2n) is 7.50. The van der Waals surface area contributed by atoms with Gasteiger partial charge in [0.2, 0.25) is 10.0 Å². The summed E-state index contributed by atoms with van der Waals surface area (Å²) in [6.45, 7) is 2.51. The van der Waals surface area contributed by atoms with Crippen LogP contribution in [0.5, 0.6) is 0 Å². The van der Waals surface area contributed by atoms with Gasteiger partial charge in [0.1, 0.15) is 0 Å². The largest absolute Gasteiger partial charge is 0.243 e. The van der Waals surface area contributed by atoms with Gasteiger partial charge in [-0.05, 0) is 35.7 Å². The van der Waals surface area contributed by atoms with Crippen molar-refractivity contribution in [1.82, 2.24) is 4.31 Å². The summed E-state index contributed by atoms with van der Waals surface area (Å²) in [5.41, 5.74) is 4.72. The lowest BCUT2D eigenvalue weighted by atomic mass is 9.88. The molecule has 1 heterocycles. The SMILES string of the molecule is Cc1ccc(S(=O)(=O)N2C[C@H]3c4ccccc4[C@@H]2[C@H]3c2ccccc2)cc1. The van der Waals surface area contributed by atoms with E-state index in [0.717, 1.165) is 11.1 Å². The Morgan fingerprint density at radius 2 is 1.44 bits per heavy atom. The zero-order valence-electron chi connectivity index (χ0n) is 15.1. The maximum Gasteiger partial charge on any atom is 0.243 e. The van der Waals surface area contributed by atoms with Gasteiger partial charge in [-0.1, -0.05) is 72.3 Å². The first-order chi connectivity index (χ1) is 13.1. The van der Waals surface area contributed by atoms with Crippen LogP contribution < -0.4 is 0 Å². The van der Waals surface area contributed by atoms with E-state index in [1.54, 1.807) is 16.4 Å². The highest BCUT2D eigenvalue weighted by molar-refractivity contribution is 7.89. The van der Waals surface area contributed by atoms with Crippen LogP contribution in [0, 0.1) is 6.92 Å². The highest BCUT2D eigenvalue weighted by Crippen LogP contribution is 2.60. The summed E-state index contributed by atoms with van der Waals surface area (Å²) in [5, 5.41) is 0. The number of hydrogen-bond acceptors (Lipinski definition) is 2. The molecule has 3 aromatic rings. The van der Waals surface area contributed by atoms with Crippen molar-refractivity contribution in [2.24, 2.45) is 0 Å². The van der Waals surface area contributed by atoms with Gasteiger partial charge in [-0.2, -0.15) is 4.31 Å². The highest BCUT2D eigenvalue weighted by Gasteiger charge is 2.54. The lowest BCUT2D eigenvalue weighted by molar-refractivity contribution is 0.377. The third kappa shape index (κ3) is 2.47. The van der Waals surface area contributed by atoms with Gasteiger partial charge in [0.25, 0.3) is 0 Å². The van der Waals surface area contributed by atoms with Crippen LogP contribution in [0.25, 0.3) is 0 Å². The monoisotopic (exact) mass is 375 g/mol. The quantitative estimate of drug-likeness (QED) is 0.670. The lowest BCUT2D eigenvalue weighted by Gasteiger charge is -2.28. The minimum atomic E-state index is -3.54. The van der Waals surface area contributed by atoms with Crippen molar-refractivity contribution in [3.8, 4) is 0 Å². The van der Waals surface area contributed by atoms with Crippen LogP contribution in [-0.4, -0.2) is 19.3 Å². The predicted octanol–water partition coefficient (Wildman–Crippen LogP) is 4.62. The first-order valence-electron chi connectivity index (χ1n) is 9.29. The Hall–Kier alpha value is -2.43. The van der Waals surface area contributed by atoms with E-state index in [2.05, 4.69) is 30.3 Å². The number of fused-ring (bicyclic) bond motifs is 5. The summed E-state index contributed by atoms with van der Waals surface area (Å²) < 4.78 is 28.6. The predicted molar refractivity (Wildman–Crippen MR) is 106 cm³/mol. The number of sulfonamides is 1. The molecule has 136 valence electrons. The van der Waals surface area contributed by atoms with Crippen LogP contribution in [0.2, 0.25) is 0 Å². The third-order valence-electron chi connectivity index (χ3n) is 5.99. The normalized spacial score (nSPS) is 24.1. The van der Waals surface area contributed by atoms with Crippen LogP contribution in [0.4, 0.5) is 0 Å². The molecule has 27 heavy (non-hydrogen) atoms. The van der Waals surface area contributed by atoms with Gasteiger partial charge in [0.15, 0.2) is 0 Å². The average Bonchev–Trinajstić information content (AvgIpc) is 3.24. The van der Waals surface area contributed by atoms with E-state index in [9.17, 15) is 8.42 Å². The molecular formula is C23H21NO2S. The van der Waals surface area contributed by atoms with Crippen molar-refractivity contribution in [2.45, 2.75) is 29.7 Å². The van der Waals surface area contributed by atoms with Crippen molar-refractivity contribution < 1.29 is 8.42 Å². The van der Waals surface area contributed by atoms with Crippen molar-refractivity contribution in [1.29, 1.82) is 0 Å². The number of aryl methyl sites for hydroxylation is 1. The van der Waals surface area contributed by atoms with Crippen LogP contribution in [-0.2, 0) is 10.0 Å². The Kier molecular flexibility index (Phi) is 3.74. The molecule has 1 aliphatic carbocycles. The van der Waals surface area contributed by atoms with Gasteiger partial charge < -0.3 is 0 Å². The van der Waals surface area contributed by atoms with E-state index in [0.29, 0.717) is 11.4 Å². The molecule has 5 rings (SSSR count). The van der Waals surface area contributed by atoms with Gasteiger partial charge in [-0.15, -0.1) is 0 Å². The Bertz CT molecular complexity index is 1090. The molecule has 3 aromatic carbocycles. The minimum Gasteiger partial charge on any atom is -0.207 e. The van der Waals surface area contributed by atoms with Crippen LogP contribution in [0.15, 0.2) is 83.8 Å². The Morgan fingerprint density at radius 1 is 0.815 bits per heavy atom. The zero-order chi connectivity index (χ0) is 18.6. The van der Waals surface area contributed by atoms with Gasteiger partial charge >= 0.3 is 0 Å². The van der Waals surface area contributed by atoms with Gasteiger partial charge in [0.05, 0.1) is 10.9 Å². The molecule has 0 aromatic heterocycles. The molecule has 4 heteroatoms. The summed E-state index contributed by atoms with van der Waals surface area (Å²) in [5.74, 6) is 0.373. The van der Waals surface area contributed by atoms with E-state index in [4.69, 9.17) is 0 Å². The summed E-state index contributed by atoms with van der Waals surface area (Å²) in [6.07, 6.45) is 0. The van der Waals surface area contributed by atoms with E-state index >= 15 is 0 Å². The molecule has 3 atom stereocenters.